The summed E-state index contributed by atoms with van der Waals surface area (Å²) in [6, 6.07) is 17.8. The molecule has 0 aliphatic heterocycles. The number of benzene rings is 3. The molecule has 1 aliphatic carbocycles. The first-order chi connectivity index (χ1) is 9.25. The van der Waals surface area contributed by atoms with Crippen LogP contribution in [0.2, 0.25) is 0 Å². The smallest absolute Gasteiger partial charge is 0.000718 e. The van der Waals surface area contributed by atoms with E-state index in [2.05, 4.69) is 62.4 Å². The maximum absolute atomic E-state index is 2.29. The fraction of sp³-hybridized carbons (Fsp3) is 0.158. The molecule has 0 fully saturated rings. The Kier molecular flexibility index (Phi) is 2.11. The van der Waals surface area contributed by atoms with Crippen LogP contribution in [0.3, 0.4) is 0 Å². The van der Waals surface area contributed by atoms with Gasteiger partial charge in [-0.25, -0.2) is 0 Å². The summed E-state index contributed by atoms with van der Waals surface area (Å²) in [4.78, 5) is 0. The van der Waals surface area contributed by atoms with Crippen molar-refractivity contribution in [3.05, 3.63) is 70.8 Å². The summed E-state index contributed by atoms with van der Waals surface area (Å²) >= 11 is 0. The van der Waals surface area contributed by atoms with E-state index in [0.717, 1.165) is 6.42 Å². The van der Waals surface area contributed by atoms with Crippen LogP contribution in [0, 0.1) is 13.8 Å². The van der Waals surface area contributed by atoms with Gasteiger partial charge in [0, 0.05) is 0 Å². The minimum Gasteiger partial charge on any atom is -0.0619 e. The zero-order valence-electron chi connectivity index (χ0n) is 11.3. The van der Waals surface area contributed by atoms with Crippen LogP contribution in [-0.2, 0) is 6.42 Å². The van der Waals surface area contributed by atoms with Crippen molar-refractivity contribution in [2.24, 2.45) is 0 Å². The first-order valence-electron chi connectivity index (χ1n) is 6.86. The Morgan fingerprint density at radius 2 is 1.58 bits per heavy atom. The van der Waals surface area contributed by atoms with Crippen molar-refractivity contribution in [2.75, 3.05) is 0 Å². The Hall–Kier alpha value is -2.08. The highest BCUT2D eigenvalue weighted by Gasteiger charge is 2.20. The van der Waals surface area contributed by atoms with E-state index < -0.39 is 0 Å². The third-order valence-corrected chi connectivity index (χ3v) is 4.50. The number of rotatable bonds is 0. The largest absolute Gasteiger partial charge is 0.0619 e. The van der Waals surface area contributed by atoms with Gasteiger partial charge in [-0.15, -0.1) is 0 Å². The zero-order valence-corrected chi connectivity index (χ0v) is 11.3. The number of hydrogen-bond donors (Lipinski definition) is 0. The topological polar surface area (TPSA) is 0 Å². The molecule has 92 valence electrons. The summed E-state index contributed by atoms with van der Waals surface area (Å²) in [6.07, 6.45) is 1.08. The van der Waals surface area contributed by atoms with Crippen LogP contribution in [-0.4, -0.2) is 0 Å². The first-order valence-corrected chi connectivity index (χ1v) is 6.86. The van der Waals surface area contributed by atoms with E-state index in [-0.39, 0.29) is 0 Å². The molecule has 0 saturated carbocycles. The summed E-state index contributed by atoms with van der Waals surface area (Å²) in [5.41, 5.74) is 8.64. The summed E-state index contributed by atoms with van der Waals surface area (Å²) in [5, 5.41) is 2.84. The molecule has 0 bridgehead atoms. The van der Waals surface area contributed by atoms with E-state index >= 15 is 0 Å². The molecule has 0 heterocycles. The Morgan fingerprint density at radius 1 is 0.789 bits per heavy atom. The third kappa shape index (κ3) is 1.40. The fourth-order valence-corrected chi connectivity index (χ4v) is 3.35. The highest BCUT2D eigenvalue weighted by atomic mass is 14.2. The molecule has 1 aliphatic rings. The molecule has 0 amide bonds. The van der Waals surface area contributed by atoms with E-state index in [1.807, 2.05) is 0 Å². The van der Waals surface area contributed by atoms with Gasteiger partial charge in [-0.3, -0.25) is 0 Å². The normalized spacial score (nSPS) is 12.5. The lowest BCUT2D eigenvalue weighted by Gasteiger charge is -2.11. The molecule has 0 spiro atoms. The second-order valence-corrected chi connectivity index (χ2v) is 5.53. The SMILES string of the molecule is Cc1ccc2ccc3c(c2c1C)Cc1ccccc1-3. The van der Waals surface area contributed by atoms with Crippen molar-refractivity contribution in [2.45, 2.75) is 20.3 Å². The lowest BCUT2D eigenvalue weighted by Crippen LogP contribution is -1.90. The molecule has 0 atom stereocenters. The van der Waals surface area contributed by atoms with Crippen molar-refractivity contribution >= 4 is 10.8 Å². The van der Waals surface area contributed by atoms with Crippen molar-refractivity contribution < 1.29 is 0 Å². The molecular weight excluding hydrogens is 228 g/mol. The molecule has 0 nitrogen and oxygen atoms in total. The molecule has 4 rings (SSSR count). The van der Waals surface area contributed by atoms with Gasteiger partial charge in [0.15, 0.2) is 0 Å². The number of aryl methyl sites for hydroxylation is 2. The van der Waals surface area contributed by atoms with Crippen LogP contribution in [0.15, 0.2) is 48.5 Å². The number of hydrogen-bond acceptors (Lipinski definition) is 0. The van der Waals surface area contributed by atoms with Gasteiger partial charge in [0.1, 0.15) is 0 Å². The van der Waals surface area contributed by atoms with Gasteiger partial charge in [0.2, 0.25) is 0 Å². The van der Waals surface area contributed by atoms with Gasteiger partial charge in [0.25, 0.3) is 0 Å². The van der Waals surface area contributed by atoms with Crippen LogP contribution in [0.25, 0.3) is 21.9 Å². The lowest BCUT2D eigenvalue weighted by atomic mass is 9.93. The number of fused-ring (bicyclic) bond motifs is 5. The predicted octanol–water partition coefficient (Wildman–Crippen LogP) is 5.03. The Labute approximate surface area is 113 Å². The highest BCUT2D eigenvalue weighted by Crippen LogP contribution is 2.41. The van der Waals surface area contributed by atoms with E-state index in [1.54, 1.807) is 0 Å². The van der Waals surface area contributed by atoms with Crippen molar-refractivity contribution in [1.29, 1.82) is 0 Å². The van der Waals surface area contributed by atoms with Crippen LogP contribution >= 0.6 is 0 Å². The Balaban J connectivity index is 2.13. The van der Waals surface area contributed by atoms with E-state index in [1.165, 1.54) is 44.2 Å². The average molecular weight is 244 g/mol. The standard InChI is InChI=1S/C19H16/c1-12-7-8-14-9-10-17-16-6-4-3-5-15(16)11-18(17)19(14)13(12)2/h3-10H,11H2,1-2H3. The highest BCUT2D eigenvalue weighted by molar-refractivity contribution is 5.97. The second-order valence-electron chi connectivity index (χ2n) is 5.53. The molecule has 0 heteroatoms. The van der Waals surface area contributed by atoms with Crippen molar-refractivity contribution in [1.82, 2.24) is 0 Å². The summed E-state index contributed by atoms with van der Waals surface area (Å²) in [7, 11) is 0. The fourth-order valence-electron chi connectivity index (χ4n) is 3.35. The second kappa shape index (κ2) is 3.71. The third-order valence-electron chi connectivity index (χ3n) is 4.50. The molecule has 0 saturated heterocycles. The Bertz CT molecular complexity index is 810. The van der Waals surface area contributed by atoms with Crippen molar-refractivity contribution in [3.63, 3.8) is 0 Å². The molecule has 0 N–H and O–H groups in total. The van der Waals surface area contributed by atoms with Gasteiger partial charge in [-0.2, -0.15) is 0 Å². The van der Waals surface area contributed by atoms with Gasteiger partial charge in [0.05, 0.1) is 0 Å². The summed E-state index contributed by atoms with van der Waals surface area (Å²) in [5.74, 6) is 0. The van der Waals surface area contributed by atoms with E-state index in [4.69, 9.17) is 0 Å². The molecule has 19 heavy (non-hydrogen) atoms. The van der Waals surface area contributed by atoms with Crippen LogP contribution in [0.5, 0.6) is 0 Å². The van der Waals surface area contributed by atoms with E-state index in [0.29, 0.717) is 0 Å². The predicted molar refractivity (Wildman–Crippen MR) is 81.7 cm³/mol. The molecule has 3 aromatic rings. The molecule has 0 radical (unpaired) electrons. The van der Waals surface area contributed by atoms with Gasteiger partial charge >= 0.3 is 0 Å². The average Bonchev–Trinajstić information content (AvgIpc) is 2.81. The maximum Gasteiger partial charge on any atom is -0.000718 e. The molecular formula is C19H16. The van der Waals surface area contributed by atoms with E-state index in [9.17, 15) is 0 Å². The zero-order chi connectivity index (χ0) is 13.0. The minimum atomic E-state index is 1.08. The lowest BCUT2D eigenvalue weighted by molar-refractivity contribution is 1.27. The summed E-state index contributed by atoms with van der Waals surface area (Å²) in [6.45, 7) is 4.46. The van der Waals surface area contributed by atoms with Gasteiger partial charge in [-0.1, -0.05) is 48.5 Å². The van der Waals surface area contributed by atoms with Gasteiger partial charge < -0.3 is 0 Å². The van der Waals surface area contributed by atoms with Crippen LogP contribution < -0.4 is 0 Å². The molecule has 0 unspecified atom stereocenters. The monoisotopic (exact) mass is 244 g/mol. The molecule has 3 aromatic carbocycles. The van der Waals surface area contributed by atoms with Crippen LogP contribution in [0.4, 0.5) is 0 Å². The first kappa shape index (κ1) is 10.8. The van der Waals surface area contributed by atoms with Gasteiger partial charge in [-0.05, 0) is 64.4 Å². The molecule has 0 aromatic heterocycles. The maximum atomic E-state index is 2.29. The quantitative estimate of drug-likeness (QED) is 0.407. The minimum absolute atomic E-state index is 1.08. The Morgan fingerprint density at radius 3 is 2.47 bits per heavy atom. The van der Waals surface area contributed by atoms with Crippen LogP contribution in [0.1, 0.15) is 22.3 Å². The van der Waals surface area contributed by atoms with Crippen molar-refractivity contribution in [3.8, 4) is 11.1 Å². The summed E-state index contributed by atoms with van der Waals surface area (Å²) < 4.78 is 0.